The van der Waals surface area contributed by atoms with Gasteiger partial charge in [-0.15, -0.1) is 0 Å². The highest BCUT2D eigenvalue weighted by Gasteiger charge is 2.18. The molecule has 104 valence electrons. The zero-order chi connectivity index (χ0) is 13.1. The molecule has 0 spiro atoms. The van der Waals surface area contributed by atoms with Gasteiger partial charge in [-0.1, -0.05) is 52.0 Å². The lowest BCUT2D eigenvalue weighted by molar-refractivity contribution is -0.0918. The van der Waals surface area contributed by atoms with Crippen LogP contribution >= 0.6 is 0 Å². The summed E-state index contributed by atoms with van der Waals surface area (Å²) in [7, 11) is -1.13. The normalized spacial score (nSPS) is 13.1. The molecule has 0 saturated carbocycles. The molecule has 0 aliphatic rings. The highest BCUT2D eigenvalue weighted by atomic mass is 28.4. The Hall–Kier alpha value is 0.354. The van der Waals surface area contributed by atoms with Crippen molar-refractivity contribution < 1.29 is 9.47 Å². The Balaban J connectivity index is 3.83. The lowest BCUT2D eigenvalue weighted by Gasteiger charge is -2.22. The predicted octanol–water partition coefficient (Wildman–Crippen LogP) is 3.37. The van der Waals surface area contributed by atoms with E-state index in [0.29, 0.717) is 0 Å². The largest absolute Gasteiger partial charge is 0.357 e. The Morgan fingerprint density at radius 1 is 0.941 bits per heavy atom. The van der Waals surface area contributed by atoms with Gasteiger partial charge in [0.05, 0.1) is 9.52 Å². The van der Waals surface area contributed by atoms with Crippen molar-refractivity contribution in [3.05, 3.63) is 0 Å². The van der Waals surface area contributed by atoms with Gasteiger partial charge in [-0.25, -0.2) is 0 Å². The van der Waals surface area contributed by atoms with Crippen LogP contribution in [0.15, 0.2) is 0 Å². The van der Waals surface area contributed by atoms with Crippen LogP contribution in [0.4, 0.5) is 0 Å². The highest BCUT2D eigenvalue weighted by molar-refractivity contribution is 6.83. The van der Waals surface area contributed by atoms with E-state index in [1.165, 1.54) is 18.5 Å². The Bertz CT molecular complexity index is 159. The first-order chi connectivity index (χ1) is 7.99. The van der Waals surface area contributed by atoms with E-state index >= 15 is 0 Å². The summed E-state index contributed by atoms with van der Waals surface area (Å²) in [6, 6.07) is 0. The smallest absolute Gasteiger partial charge is 0.134 e. The molecular weight excluding hydrogens is 244 g/mol. The Kier molecular flexibility index (Phi) is 10.5. The van der Waals surface area contributed by atoms with Crippen LogP contribution in [0, 0.1) is 0 Å². The van der Waals surface area contributed by atoms with E-state index < -0.39 is 8.07 Å². The van der Waals surface area contributed by atoms with E-state index in [4.69, 9.17) is 9.47 Å². The van der Waals surface area contributed by atoms with Crippen molar-refractivity contribution in [3.63, 3.8) is 0 Å². The van der Waals surface area contributed by atoms with Gasteiger partial charge >= 0.3 is 0 Å². The second-order valence-electron chi connectivity index (χ2n) is 5.98. The third kappa shape index (κ3) is 12.6. The van der Waals surface area contributed by atoms with Gasteiger partial charge in [0.1, 0.15) is 5.91 Å². The number of hydrogen-bond donors (Lipinski definition) is 0. The first-order valence-electron chi connectivity index (χ1n) is 7.22. The minimum absolute atomic E-state index is 0.180. The Morgan fingerprint density at radius 3 is 1.76 bits per heavy atom. The lowest BCUT2D eigenvalue weighted by Crippen LogP contribution is -2.32. The van der Waals surface area contributed by atoms with Gasteiger partial charge in [0.25, 0.3) is 0 Å². The molecule has 4 heteroatoms. The Morgan fingerprint density at radius 2 is 1.41 bits per heavy atom. The summed E-state index contributed by atoms with van der Waals surface area (Å²) in [6.45, 7) is 13.5. The number of rotatable bonds is 11. The summed E-state index contributed by atoms with van der Waals surface area (Å²) in [5.41, 5.74) is 1.43. The number of unbranched alkanes of at least 4 members (excludes halogenated alkanes) is 2. The molecule has 0 saturated heterocycles. The average Bonchev–Trinajstić information content (AvgIpc) is 2.24. The van der Waals surface area contributed by atoms with E-state index in [-0.39, 0.29) is 15.4 Å². The van der Waals surface area contributed by atoms with Crippen LogP contribution in [-0.4, -0.2) is 36.7 Å². The van der Waals surface area contributed by atoms with Crippen molar-refractivity contribution in [2.24, 2.45) is 0 Å². The van der Waals surface area contributed by atoms with Crippen LogP contribution in [0.1, 0.15) is 39.5 Å². The molecule has 0 atom stereocenters. The molecule has 0 unspecified atom stereocenters. The third-order valence-corrected chi connectivity index (χ3v) is 10.8. The maximum atomic E-state index is 5.89. The zero-order valence-corrected chi connectivity index (χ0v) is 15.0. The molecule has 0 heterocycles. The fraction of sp³-hybridized carbons (Fsp3) is 1.00. The quantitative estimate of drug-likeness (QED) is 0.327. The minimum Gasteiger partial charge on any atom is -0.357 e. The molecule has 0 rings (SSSR count). The maximum absolute atomic E-state index is 5.89. The van der Waals surface area contributed by atoms with E-state index in [1.54, 1.807) is 0 Å². The standard InChI is InChI=1S/C13H32O2Si2/c1-6-8-10-14-13(15-11-9-7-2)16-12-17(3,4)5/h13H,6-12,16H2,1-5H3. The van der Waals surface area contributed by atoms with E-state index in [1.807, 2.05) is 0 Å². The molecule has 0 bridgehead atoms. The molecule has 0 fully saturated rings. The molecule has 0 aromatic rings. The molecular formula is C13H32O2Si2. The minimum atomic E-state index is -0.913. The lowest BCUT2D eigenvalue weighted by atomic mass is 10.4. The monoisotopic (exact) mass is 276 g/mol. The molecule has 0 aliphatic heterocycles. The summed E-state index contributed by atoms with van der Waals surface area (Å²) >= 11 is 0. The summed E-state index contributed by atoms with van der Waals surface area (Å²) in [6.07, 6.45) is 4.73. The van der Waals surface area contributed by atoms with Crippen molar-refractivity contribution in [1.29, 1.82) is 0 Å². The fourth-order valence-electron chi connectivity index (χ4n) is 1.48. The van der Waals surface area contributed by atoms with Crippen LogP contribution in [0.5, 0.6) is 0 Å². The van der Waals surface area contributed by atoms with E-state index in [0.717, 1.165) is 26.1 Å². The van der Waals surface area contributed by atoms with Crippen LogP contribution < -0.4 is 0 Å². The van der Waals surface area contributed by atoms with Crippen molar-refractivity contribution in [2.45, 2.75) is 70.8 Å². The SMILES string of the molecule is CCCCOC(OCCCC)[SiH2]C[Si](C)(C)C. The van der Waals surface area contributed by atoms with Gasteiger partial charge in [-0.2, -0.15) is 0 Å². The molecule has 2 nitrogen and oxygen atoms in total. The maximum Gasteiger partial charge on any atom is 0.134 e. The second kappa shape index (κ2) is 10.3. The van der Waals surface area contributed by atoms with Gasteiger partial charge < -0.3 is 9.47 Å². The average molecular weight is 277 g/mol. The van der Waals surface area contributed by atoms with Gasteiger partial charge in [0.2, 0.25) is 0 Å². The van der Waals surface area contributed by atoms with Gasteiger partial charge in [-0.3, -0.25) is 0 Å². The molecule has 0 N–H and O–H groups in total. The molecule has 0 amide bonds. The molecule has 0 aromatic carbocycles. The van der Waals surface area contributed by atoms with Gasteiger partial charge in [0, 0.05) is 21.3 Å². The molecule has 17 heavy (non-hydrogen) atoms. The third-order valence-electron chi connectivity index (χ3n) is 2.73. The highest BCUT2D eigenvalue weighted by Crippen LogP contribution is 2.10. The first kappa shape index (κ1) is 17.4. The van der Waals surface area contributed by atoms with Crippen molar-refractivity contribution in [3.8, 4) is 0 Å². The molecule has 0 aliphatic carbocycles. The zero-order valence-electron chi connectivity index (χ0n) is 12.6. The summed E-state index contributed by atoms with van der Waals surface area (Å²) in [5.74, 6) is 0.180. The summed E-state index contributed by atoms with van der Waals surface area (Å²) in [5, 5.41) is 0. The fourth-order valence-corrected chi connectivity index (χ4v) is 6.56. The second-order valence-corrected chi connectivity index (χ2v) is 14.3. The van der Waals surface area contributed by atoms with Crippen molar-refractivity contribution in [1.82, 2.24) is 0 Å². The summed E-state index contributed by atoms with van der Waals surface area (Å²) < 4.78 is 11.8. The summed E-state index contributed by atoms with van der Waals surface area (Å²) in [4.78, 5) is 0. The van der Waals surface area contributed by atoms with E-state index in [2.05, 4.69) is 33.5 Å². The number of hydrogen-bond acceptors (Lipinski definition) is 2. The van der Waals surface area contributed by atoms with Crippen LogP contribution in [0.3, 0.4) is 0 Å². The number of ether oxygens (including phenoxy) is 2. The van der Waals surface area contributed by atoms with Crippen LogP contribution in [0.25, 0.3) is 0 Å². The molecule has 0 aromatic heterocycles. The first-order valence-corrected chi connectivity index (χ1v) is 12.7. The van der Waals surface area contributed by atoms with E-state index in [9.17, 15) is 0 Å². The Labute approximate surface area is 111 Å². The van der Waals surface area contributed by atoms with Gasteiger partial charge in [-0.05, 0) is 12.8 Å². The molecule has 0 radical (unpaired) electrons. The van der Waals surface area contributed by atoms with Crippen LogP contribution in [-0.2, 0) is 9.47 Å². The van der Waals surface area contributed by atoms with Crippen LogP contribution in [0.2, 0.25) is 25.3 Å². The van der Waals surface area contributed by atoms with Gasteiger partial charge in [0.15, 0.2) is 0 Å². The predicted molar refractivity (Wildman–Crippen MR) is 82.2 cm³/mol. The van der Waals surface area contributed by atoms with Crippen molar-refractivity contribution >= 4 is 17.6 Å². The van der Waals surface area contributed by atoms with Crippen molar-refractivity contribution in [2.75, 3.05) is 13.2 Å². The topological polar surface area (TPSA) is 18.5 Å².